The van der Waals surface area contributed by atoms with Crippen LogP contribution in [0, 0.1) is 0 Å². The standard InChI is InChI=1S/C10H10BrClN4O2S2/c11-10-8(3-7(4-12)19-10)20(17,18)16-2-1-15-6-13-14-9(15)5-16/h3,6H,1-2,4-5H2. The molecule has 108 valence electrons. The molecule has 0 unspecified atom stereocenters. The van der Waals surface area contributed by atoms with E-state index in [0.29, 0.717) is 28.6 Å². The third-order valence-corrected chi connectivity index (χ3v) is 7.60. The maximum atomic E-state index is 12.7. The van der Waals surface area contributed by atoms with Crippen LogP contribution in [0.4, 0.5) is 0 Å². The van der Waals surface area contributed by atoms with Crippen molar-refractivity contribution in [2.24, 2.45) is 0 Å². The van der Waals surface area contributed by atoms with Gasteiger partial charge in [-0.05, 0) is 22.0 Å². The summed E-state index contributed by atoms with van der Waals surface area (Å²) in [6, 6.07) is 1.62. The average Bonchev–Trinajstić information content (AvgIpc) is 3.03. The quantitative estimate of drug-likeness (QED) is 0.743. The number of hydrogen-bond donors (Lipinski definition) is 0. The highest BCUT2D eigenvalue weighted by Crippen LogP contribution is 2.35. The highest BCUT2D eigenvalue weighted by atomic mass is 79.9. The van der Waals surface area contributed by atoms with E-state index >= 15 is 0 Å². The topological polar surface area (TPSA) is 68.1 Å². The highest BCUT2D eigenvalue weighted by molar-refractivity contribution is 9.11. The second-order valence-electron chi connectivity index (χ2n) is 4.26. The molecule has 0 bridgehead atoms. The van der Waals surface area contributed by atoms with Crippen LogP contribution in [-0.4, -0.2) is 34.0 Å². The Kier molecular flexibility index (Phi) is 3.89. The van der Waals surface area contributed by atoms with Crippen molar-refractivity contribution in [3.8, 4) is 0 Å². The Bertz CT molecular complexity index is 742. The fraction of sp³-hybridized carbons (Fsp3) is 0.400. The van der Waals surface area contributed by atoms with Crippen LogP contribution in [0.15, 0.2) is 21.1 Å². The predicted octanol–water partition coefficient (Wildman–Crippen LogP) is 2.05. The lowest BCUT2D eigenvalue weighted by Gasteiger charge is -2.26. The van der Waals surface area contributed by atoms with Gasteiger partial charge in [-0.25, -0.2) is 8.42 Å². The largest absolute Gasteiger partial charge is 0.315 e. The van der Waals surface area contributed by atoms with E-state index in [2.05, 4.69) is 26.1 Å². The number of thiophene rings is 1. The van der Waals surface area contributed by atoms with Gasteiger partial charge in [0.2, 0.25) is 10.0 Å². The van der Waals surface area contributed by atoms with Gasteiger partial charge in [-0.15, -0.1) is 33.1 Å². The minimum absolute atomic E-state index is 0.237. The molecule has 2 aromatic rings. The lowest BCUT2D eigenvalue weighted by Crippen LogP contribution is -2.38. The van der Waals surface area contributed by atoms with Gasteiger partial charge in [0.05, 0.1) is 16.2 Å². The fourth-order valence-corrected chi connectivity index (χ4v) is 6.14. The number of sulfonamides is 1. The zero-order valence-corrected chi connectivity index (χ0v) is 14.1. The summed E-state index contributed by atoms with van der Waals surface area (Å²) >= 11 is 10.4. The monoisotopic (exact) mass is 396 g/mol. The molecule has 0 aromatic carbocycles. The van der Waals surface area contributed by atoms with Gasteiger partial charge < -0.3 is 4.57 Å². The van der Waals surface area contributed by atoms with E-state index < -0.39 is 10.0 Å². The number of rotatable bonds is 3. The third-order valence-electron chi connectivity index (χ3n) is 3.06. The number of fused-ring (bicyclic) bond motifs is 1. The summed E-state index contributed by atoms with van der Waals surface area (Å²) in [4.78, 5) is 1.09. The molecule has 20 heavy (non-hydrogen) atoms. The Morgan fingerprint density at radius 3 is 2.95 bits per heavy atom. The normalized spacial score (nSPS) is 16.3. The van der Waals surface area contributed by atoms with E-state index in [1.807, 2.05) is 4.57 Å². The summed E-state index contributed by atoms with van der Waals surface area (Å²) < 4.78 is 29.2. The summed E-state index contributed by atoms with van der Waals surface area (Å²) in [5.74, 6) is 0.955. The van der Waals surface area contributed by atoms with Gasteiger partial charge in [0, 0.05) is 18.0 Å². The van der Waals surface area contributed by atoms with E-state index in [-0.39, 0.29) is 11.4 Å². The molecule has 1 aliphatic rings. The molecule has 2 aromatic heterocycles. The van der Waals surface area contributed by atoms with Crippen molar-refractivity contribution in [3.63, 3.8) is 0 Å². The van der Waals surface area contributed by atoms with E-state index in [9.17, 15) is 8.42 Å². The molecule has 0 saturated heterocycles. The van der Waals surface area contributed by atoms with Crippen LogP contribution in [0.1, 0.15) is 10.7 Å². The van der Waals surface area contributed by atoms with Crippen LogP contribution in [0.5, 0.6) is 0 Å². The highest BCUT2D eigenvalue weighted by Gasteiger charge is 2.31. The summed E-state index contributed by atoms with van der Waals surface area (Å²) in [7, 11) is -3.55. The molecule has 0 N–H and O–H groups in total. The van der Waals surface area contributed by atoms with Gasteiger partial charge in [-0.3, -0.25) is 0 Å². The zero-order chi connectivity index (χ0) is 14.3. The number of nitrogens with zero attached hydrogens (tertiary/aromatic N) is 4. The first kappa shape index (κ1) is 14.5. The van der Waals surface area contributed by atoms with Crippen LogP contribution in [0.25, 0.3) is 0 Å². The van der Waals surface area contributed by atoms with Crippen LogP contribution in [0.2, 0.25) is 0 Å². The number of hydrogen-bond acceptors (Lipinski definition) is 5. The SMILES string of the molecule is O=S(=O)(c1cc(CCl)sc1Br)N1CCn2cnnc2C1. The van der Waals surface area contributed by atoms with Gasteiger partial charge >= 0.3 is 0 Å². The van der Waals surface area contributed by atoms with Crippen molar-refractivity contribution in [1.29, 1.82) is 0 Å². The summed E-state index contributed by atoms with van der Waals surface area (Å²) in [6.45, 7) is 1.21. The smallest absolute Gasteiger partial charge is 0.245 e. The Hall–Kier alpha value is -0.480. The van der Waals surface area contributed by atoms with Crippen molar-refractivity contribution in [2.75, 3.05) is 6.54 Å². The van der Waals surface area contributed by atoms with Crippen LogP contribution < -0.4 is 0 Å². The maximum absolute atomic E-state index is 12.7. The lowest BCUT2D eigenvalue weighted by atomic mass is 10.4. The molecule has 0 atom stereocenters. The minimum atomic E-state index is -3.55. The first-order chi connectivity index (χ1) is 9.52. The zero-order valence-electron chi connectivity index (χ0n) is 10.2. The van der Waals surface area contributed by atoms with Crippen LogP contribution in [-0.2, 0) is 29.0 Å². The van der Waals surface area contributed by atoms with E-state index in [1.165, 1.54) is 15.6 Å². The van der Waals surface area contributed by atoms with E-state index in [4.69, 9.17) is 11.6 Å². The second kappa shape index (κ2) is 5.38. The Labute approximate surface area is 133 Å². The molecule has 1 aliphatic heterocycles. The molecule has 0 aliphatic carbocycles. The van der Waals surface area contributed by atoms with Crippen LogP contribution >= 0.6 is 38.9 Å². The van der Waals surface area contributed by atoms with E-state index in [0.717, 1.165) is 4.88 Å². The van der Waals surface area contributed by atoms with Crippen molar-refractivity contribution in [2.45, 2.75) is 23.9 Å². The molecular formula is C10H10BrClN4O2S2. The first-order valence-corrected chi connectivity index (χ1v) is 9.32. The van der Waals surface area contributed by atoms with E-state index in [1.54, 1.807) is 12.4 Å². The molecule has 3 heterocycles. The molecule has 10 heteroatoms. The lowest BCUT2D eigenvalue weighted by molar-refractivity contribution is 0.335. The van der Waals surface area contributed by atoms with Crippen molar-refractivity contribution >= 4 is 48.9 Å². The summed E-state index contributed by atoms with van der Waals surface area (Å²) in [5, 5.41) is 7.73. The molecule has 3 rings (SSSR count). The maximum Gasteiger partial charge on any atom is 0.245 e. The number of halogens is 2. The minimum Gasteiger partial charge on any atom is -0.315 e. The Morgan fingerprint density at radius 2 is 2.25 bits per heavy atom. The summed E-state index contributed by atoms with van der Waals surface area (Å²) in [6.07, 6.45) is 1.62. The molecular weight excluding hydrogens is 388 g/mol. The number of alkyl halides is 1. The van der Waals surface area contributed by atoms with Crippen molar-refractivity contribution < 1.29 is 8.42 Å². The molecule has 0 amide bonds. The molecule has 6 nitrogen and oxygen atoms in total. The van der Waals surface area contributed by atoms with Crippen molar-refractivity contribution in [1.82, 2.24) is 19.1 Å². The fourth-order valence-electron chi connectivity index (χ4n) is 2.03. The van der Waals surface area contributed by atoms with Crippen LogP contribution in [0.3, 0.4) is 0 Å². The molecule has 0 spiro atoms. The predicted molar refractivity (Wildman–Crippen MR) is 79.2 cm³/mol. The second-order valence-corrected chi connectivity index (χ2v) is 8.89. The Morgan fingerprint density at radius 1 is 1.45 bits per heavy atom. The molecule has 0 fully saturated rings. The summed E-state index contributed by atoms with van der Waals surface area (Å²) in [5.41, 5.74) is 0. The number of aromatic nitrogens is 3. The third kappa shape index (κ3) is 2.41. The molecule has 0 radical (unpaired) electrons. The first-order valence-electron chi connectivity index (χ1n) is 5.73. The van der Waals surface area contributed by atoms with Gasteiger partial charge in [0.15, 0.2) is 0 Å². The van der Waals surface area contributed by atoms with Crippen molar-refractivity contribution in [3.05, 3.63) is 26.9 Å². The average molecular weight is 398 g/mol. The Balaban J connectivity index is 1.95. The van der Waals surface area contributed by atoms with Gasteiger partial charge in [0.25, 0.3) is 0 Å². The van der Waals surface area contributed by atoms with Gasteiger partial charge in [-0.2, -0.15) is 4.31 Å². The van der Waals surface area contributed by atoms with Gasteiger partial charge in [-0.1, -0.05) is 0 Å². The molecule has 0 saturated carbocycles. The van der Waals surface area contributed by atoms with Gasteiger partial charge in [0.1, 0.15) is 17.0 Å².